The van der Waals surface area contributed by atoms with E-state index in [9.17, 15) is 15.2 Å². The Labute approximate surface area is 188 Å². The van der Waals surface area contributed by atoms with Crippen molar-refractivity contribution in [1.29, 1.82) is 5.26 Å². The molecule has 3 aromatic rings. The lowest BCUT2D eigenvalue weighted by Gasteiger charge is -2.32. The molecule has 5 heteroatoms. The van der Waals surface area contributed by atoms with Crippen molar-refractivity contribution >= 4 is 16.7 Å². The fourth-order valence-electron chi connectivity index (χ4n) is 4.75. The second-order valence-corrected chi connectivity index (χ2v) is 9.39. The molecule has 1 fully saturated rings. The first-order chi connectivity index (χ1) is 15.3. The highest BCUT2D eigenvalue weighted by molar-refractivity contribution is 5.88. The zero-order valence-corrected chi connectivity index (χ0v) is 18.6. The molecule has 1 aliphatic rings. The molecule has 0 saturated carbocycles. The number of hydrogen-bond acceptors (Lipinski definition) is 5. The zero-order valence-electron chi connectivity index (χ0n) is 18.6. The third-order valence-electron chi connectivity index (χ3n) is 6.11. The molecule has 0 bridgehead atoms. The first kappa shape index (κ1) is 22.0. The summed E-state index contributed by atoms with van der Waals surface area (Å²) in [5, 5.41) is 26.3. The normalized spacial score (nSPS) is 25.4. The van der Waals surface area contributed by atoms with Crippen LogP contribution in [0.4, 0.5) is 0 Å². The number of carbonyl (C=O) groups is 1. The van der Waals surface area contributed by atoms with Crippen molar-refractivity contribution in [3.05, 3.63) is 83.9 Å². The number of nitrogens with one attached hydrogen (secondary N) is 1. The van der Waals surface area contributed by atoms with Crippen LogP contribution in [0.2, 0.25) is 0 Å². The number of hydrogen-bond donors (Lipinski definition) is 2. The summed E-state index contributed by atoms with van der Waals surface area (Å²) in [4.78, 5) is 13.5. The van der Waals surface area contributed by atoms with Gasteiger partial charge in [0.15, 0.2) is 0 Å². The molecule has 0 aromatic heterocycles. The summed E-state index contributed by atoms with van der Waals surface area (Å²) in [7, 11) is 0. The fraction of sp³-hybridized carbons (Fsp3) is 0.333. The van der Waals surface area contributed by atoms with Gasteiger partial charge in [-0.2, -0.15) is 5.26 Å². The molecule has 1 saturated heterocycles. The quantitative estimate of drug-likeness (QED) is 0.599. The SMILES string of the molecule is CC(C)(C)OC(=O)[C@]1(C#N)N[C@H](c2ccc3ccccc3c2)[C@H](CO)[C@H]1c1ccccc1. The van der Waals surface area contributed by atoms with Crippen molar-refractivity contribution in [2.75, 3.05) is 6.61 Å². The fourth-order valence-corrected chi connectivity index (χ4v) is 4.75. The van der Waals surface area contributed by atoms with Crippen LogP contribution in [0.5, 0.6) is 0 Å². The van der Waals surface area contributed by atoms with Gasteiger partial charge in [0.1, 0.15) is 5.60 Å². The minimum atomic E-state index is -1.63. The van der Waals surface area contributed by atoms with Crippen LogP contribution >= 0.6 is 0 Å². The number of carbonyl (C=O) groups excluding carboxylic acids is 1. The number of fused-ring (bicyclic) bond motifs is 1. The first-order valence-corrected chi connectivity index (χ1v) is 10.9. The van der Waals surface area contributed by atoms with Gasteiger partial charge in [-0.15, -0.1) is 0 Å². The molecule has 1 aliphatic heterocycles. The van der Waals surface area contributed by atoms with Gasteiger partial charge >= 0.3 is 5.97 Å². The Balaban J connectivity index is 1.86. The van der Waals surface area contributed by atoms with Gasteiger partial charge in [0.2, 0.25) is 5.54 Å². The Bertz CT molecular complexity index is 1160. The molecule has 0 radical (unpaired) electrons. The maximum absolute atomic E-state index is 13.5. The third kappa shape index (κ3) is 3.88. The Morgan fingerprint density at radius 3 is 2.31 bits per heavy atom. The van der Waals surface area contributed by atoms with Crippen molar-refractivity contribution < 1.29 is 14.6 Å². The number of rotatable bonds is 4. The van der Waals surface area contributed by atoms with Crippen LogP contribution < -0.4 is 5.32 Å². The lowest BCUT2D eigenvalue weighted by molar-refractivity contribution is -0.160. The Morgan fingerprint density at radius 1 is 1.03 bits per heavy atom. The summed E-state index contributed by atoms with van der Waals surface area (Å²) in [6, 6.07) is 25.4. The smallest absolute Gasteiger partial charge is 0.342 e. The first-order valence-electron chi connectivity index (χ1n) is 10.9. The molecule has 0 spiro atoms. The third-order valence-corrected chi connectivity index (χ3v) is 6.11. The van der Waals surface area contributed by atoms with Crippen molar-refractivity contribution in [1.82, 2.24) is 5.32 Å². The summed E-state index contributed by atoms with van der Waals surface area (Å²) in [6.07, 6.45) is 0. The Hall–Kier alpha value is -3.20. The predicted molar refractivity (Wildman–Crippen MR) is 124 cm³/mol. The van der Waals surface area contributed by atoms with Gasteiger partial charge in [-0.05, 0) is 48.7 Å². The molecular formula is C27H28N2O3. The maximum atomic E-state index is 13.5. The summed E-state index contributed by atoms with van der Waals surface area (Å²) in [5.74, 6) is -1.60. The van der Waals surface area contributed by atoms with Crippen LogP contribution in [-0.2, 0) is 9.53 Å². The predicted octanol–water partition coefficient (Wildman–Crippen LogP) is 4.48. The number of ether oxygens (including phenoxy) is 1. The molecule has 0 unspecified atom stereocenters. The molecular weight excluding hydrogens is 400 g/mol. The van der Waals surface area contributed by atoms with Crippen molar-refractivity contribution in [2.24, 2.45) is 5.92 Å². The van der Waals surface area contributed by atoms with E-state index in [1.165, 1.54) is 0 Å². The van der Waals surface area contributed by atoms with E-state index in [2.05, 4.69) is 17.5 Å². The van der Waals surface area contributed by atoms with E-state index < -0.39 is 35.0 Å². The monoisotopic (exact) mass is 428 g/mol. The molecule has 5 nitrogen and oxygen atoms in total. The molecule has 1 heterocycles. The molecule has 0 amide bonds. The van der Waals surface area contributed by atoms with Crippen LogP contribution in [0.25, 0.3) is 10.8 Å². The number of nitriles is 1. The number of aliphatic hydroxyl groups is 1. The Morgan fingerprint density at radius 2 is 1.69 bits per heavy atom. The van der Waals surface area contributed by atoms with E-state index in [0.717, 1.165) is 21.9 Å². The van der Waals surface area contributed by atoms with Crippen LogP contribution in [0.15, 0.2) is 72.8 Å². The van der Waals surface area contributed by atoms with E-state index in [1.807, 2.05) is 66.7 Å². The van der Waals surface area contributed by atoms with E-state index in [1.54, 1.807) is 20.8 Å². The van der Waals surface area contributed by atoms with Gasteiger partial charge in [0.25, 0.3) is 0 Å². The average molecular weight is 429 g/mol. The van der Waals surface area contributed by atoms with Gasteiger partial charge in [-0.25, -0.2) is 4.79 Å². The molecule has 2 N–H and O–H groups in total. The second-order valence-electron chi connectivity index (χ2n) is 9.39. The van der Waals surface area contributed by atoms with E-state index in [0.29, 0.717) is 0 Å². The highest BCUT2D eigenvalue weighted by Gasteiger charge is 2.60. The van der Waals surface area contributed by atoms with Gasteiger partial charge in [-0.3, -0.25) is 5.32 Å². The van der Waals surface area contributed by atoms with Crippen LogP contribution in [0, 0.1) is 17.2 Å². The molecule has 3 aromatic carbocycles. The summed E-state index contributed by atoms with van der Waals surface area (Å²) < 4.78 is 5.71. The average Bonchev–Trinajstić information content (AvgIpc) is 3.14. The molecule has 4 rings (SSSR count). The van der Waals surface area contributed by atoms with Crippen LogP contribution in [0.1, 0.15) is 43.9 Å². The maximum Gasteiger partial charge on any atom is 0.342 e. The molecule has 4 atom stereocenters. The van der Waals surface area contributed by atoms with Gasteiger partial charge in [0.05, 0.1) is 6.07 Å². The summed E-state index contributed by atoms with van der Waals surface area (Å²) in [6.45, 7) is 5.17. The molecule has 0 aliphatic carbocycles. The number of nitrogens with zero attached hydrogens (tertiary/aromatic N) is 1. The lowest BCUT2D eigenvalue weighted by Crippen LogP contribution is -2.53. The van der Waals surface area contributed by atoms with Crippen LogP contribution in [0.3, 0.4) is 0 Å². The topological polar surface area (TPSA) is 82.4 Å². The number of esters is 1. The highest BCUT2D eigenvalue weighted by Crippen LogP contribution is 2.49. The van der Waals surface area contributed by atoms with E-state index >= 15 is 0 Å². The Kier molecular flexibility index (Phi) is 5.77. The van der Waals surface area contributed by atoms with Crippen LogP contribution in [-0.4, -0.2) is 28.8 Å². The van der Waals surface area contributed by atoms with E-state index in [4.69, 9.17) is 4.74 Å². The van der Waals surface area contributed by atoms with Gasteiger partial charge < -0.3 is 9.84 Å². The van der Waals surface area contributed by atoms with Gasteiger partial charge in [-0.1, -0.05) is 66.7 Å². The summed E-state index contributed by atoms with van der Waals surface area (Å²) >= 11 is 0. The highest BCUT2D eigenvalue weighted by atomic mass is 16.6. The summed E-state index contributed by atoms with van der Waals surface area (Å²) in [5.41, 5.74) is -0.642. The van der Waals surface area contributed by atoms with Crippen molar-refractivity contribution in [3.63, 3.8) is 0 Å². The molecule has 32 heavy (non-hydrogen) atoms. The standard InChI is InChI=1S/C27H28N2O3/c1-26(2,3)32-25(31)27(17-28)23(19-10-5-4-6-11-19)22(16-30)24(29-27)21-14-13-18-9-7-8-12-20(18)15-21/h4-15,22-24,29-30H,16H2,1-3H3/t22-,23-,24-,27-/m1/s1. The molecule has 164 valence electrons. The lowest BCUT2D eigenvalue weighted by atomic mass is 9.74. The van der Waals surface area contributed by atoms with Crippen molar-refractivity contribution in [3.8, 4) is 6.07 Å². The van der Waals surface area contributed by atoms with E-state index in [-0.39, 0.29) is 6.61 Å². The second kappa shape index (κ2) is 8.38. The number of benzene rings is 3. The van der Waals surface area contributed by atoms with Crippen molar-refractivity contribution in [2.45, 2.75) is 43.9 Å². The largest absolute Gasteiger partial charge is 0.458 e. The zero-order chi connectivity index (χ0) is 22.9. The minimum Gasteiger partial charge on any atom is -0.458 e. The van der Waals surface area contributed by atoms with Gasteiger partial charge in [0, 0.05) is 24.5 Å². The number of aliphatic hydroxyl groups excluding tert-OH is 1. The minimum absolute atomic E-state index is 0.184.